The first-order chi connectivity index (χ1) is 26.3. The smallest absolute Gasteiger partial charge is 0.160 e. The fourth-order valence-electron chi connectivity index (χ4n) is 8.83. The minimum Gasteiger partial charge on any atom is -0.228 e. The molecule has 0 N–H and O–H groups in total. The Labute approximate surface area is 308 Å². The zero-order chi connectivity index (χ0) is 34.6. The number of rotatable bonds is 3. The Morgan fingerprint density at radius 2 is 0.887 bits per heavy atom. The molecule has 2 aromatic heterocycles. The Bertz CT molecular complexity index is 3450. The number of hydrogen-bond donors (Lipinski definition) is 0. The van der Waals surface area contributed by atoms with E-state index in [0.717, 1.165) is 33.9 Å². The predicted molar refractivity (Wildman–Crippen MR) is 227 cm³/mol. The Hall–Kier alpha value is -6.68. The van der Waals surface area contributed by atoms with Crippen LogP contribution in [0.4, 0.5) is 0 Å². The van der Waals surface area contributed by atoms with Crippen LogP contribution in [-0.2, 0) is 0 Å². The molecule has 53 heavy (non-hydrogen) atoms. The molecule has 0 fully saturated rings. The summed E-state index contributed by atoms with van der Waals surface area (Å²) in [4.78, 5) is 10.6. The summed E-state index contributed by atoms with van der Waals surface area (Å²) in [6, 6.07) is 62.0. The molecule has 0 unspecified atom stereocenters. The van der Waals surface area contributed by atoms with Crippen LogP contribution in [0.3, 0.4) is 0 Å². The highest BCUT2D eigenvalue weighted by molar-refractivity contribution is 7.26. The van der Waals surface area contributed by atoms with E-state index in [2.05, 4.69) is 164 Å². The molecular weight excluding hydrogens is 661 g/mol. The largest absolute Gasteiger partial charge is 0.228 e. The molecule has 3 heteroatoms. The lowest BCUT2D eigenvalue weighted by molar-refractivity contribution is 1.19. The van der Waals surface area contributed by atoms with E-state index in [9.17, 15) is 0 Å². The van der Waals surface area contributed by atoms with Crippen LogP contribution in [0.5, 0.6) is 0 Å². The Morgan fingerprint density at radius 1 is 0.340 bits per heavy atom. The third-order valence-corrected chi connectivity index (χ3v) is 12.4. The van der Waals surface area contributed by atoms with Crippen LogP contribution in [0.2, 0.25) is 0 Å². The second-order valence-electron chi connectivity index (χ2n) is 14.1. The molecule has 0 saturated carbocycles. The molecule has 0 bridgehead atoms. The summed E-state index contributed by atoms with van der Waals surface area (Å²) < 4.78 is 2.53. The molecule has 0 aliphatic carbocycles. The molecule has 0 radical (unpaired) electrons. The van der Waals surface area contributed by atoms with Crippen molar-refractivity contribution in [2.75, 3.05) is 0 Å². The minimum atomic E-state index is 0.723. The fourth-order valence-corrected chi connectivity index (χ4v) is 10.1. The summed E-state index contributed by atoms with van der Waals surface area (Å²) in [7, 11) is 0. The van der Waals surface area contributed by atoms with Crippen LogP contribution >= 0.6 is 11.3 Å². The second-order valence-corrected chi connectivity index (χ2v) is 15.1. The van der Waals surface area contributed by atoms with Crippen molar-refractivity contribution in [1.29, 1.82) is 0 Å². The van der Waals surface area contributed by atoms with Gasteiger partial charge in [-0.1, -0.05) is 146 Å². The molecule has 2 heterocycles. The van der Waals surface area contributed by atoms with E-state index in [-0.39, 0.29) is 0 Å². The summed E-state index contributed by atoms with van der Waals surface area (Å²) in [6.45, 7) is 0. The van der Waals surface area contributed by atoms with Gasteiger partial charge in [-0.3, -0.25) is 0 Å². The number of hydrogen-bond acceptors (Lipinski definition) is 3. The molecule has 0 saturated heterocycles. The van der Waals surface area contributed by atoms with Gasteiger partial charge in [0.05, 0.1) is 11.4 Å². The van der Waals surface area contributed by atoms with E-state index in [1.54, 1.807) is 0 Å². The van der Waals surface area contributed by atoms with Gasteiger partial charge in [-0.25, -0.2) is 9.97 Å². The van der Waals surface area contributed by atoms with Crippen molar-refractivity contribution in [3.63, 3.8) is 0 Å². The van der Waals surface area contributed by atoms with E-state index in [0.29, 0.717) is 0 Å². The van der Waals surface area contributed by atoms with E-state index in [4.69, 9.17) is 9.97 Å². The van der Waals surface area contributed by atoms with Gasteiger partial charge in [0.1, 0.15) is 0 Å². The average Bonchev–Trinajstić information content (AvgIpc) is 3.61. The Balaban J connectivity index is 1.22. The van der Waals surface area contributed by atoms with Crippen LogP contribution in [0, 0.1) is 0 Å². The van der Waals surface area contributed by atoms with Crippen molar-refractivity contribution in [2.45, 2.75) is 0 Å². The van der Waals surface area contributed by atoms with Gasteiger partial charge < -0.3 is 0 Å². The number of aromatic nitrogens is 2. The molecule has 12 rings (SSSR count). The monoisotopic (exact) mass is 688 g/mol. The van der Waals surface area contributed by atoms with Gasteiger partial charge >= 0.3 is 0 Å². The summed E-state index contributed by atoms with van der Waals surface area (Å²) >= 11 is 1.83. The van der Waals surface area contributed by atoms with Gasteiger partial charge in [0.25, 0.3) is 0 Å². The van der Waals surface area contributed by atoms with Crippen LogP contribution < -0.4 is 0 Å². The quantitative estimate of drug-likeness (QED) is 0.173. The molecule has 10 aromatic carbocycles. The summed E-state index contributed by atoms with van der Waals surface area (Å²) in [5.41, 5.74) is 5.04. The minimum absolute atomic E-state index is 0.723. The first-order valence-electron chi connectivity index (χ1n) is 18.1. The van der Waals surface area contributed by atoms with E-state index < -0.39 is 0 Å². The van der Waals surface area contributed by atoms with E-state index in [1.165, 1.54) is 84.8 Å². The molecule has 0 aliphatic heterocycles. The normalized spacial score (nSPS) is 12.2. The SMILES string of the molecule is c1ccc(-c2nc(-c3cc4ccc5cccc6c7cccc8ccc9cccc(c(c3)c4c56)c9c87)cc(-c3cccc4c3sc3ccccc34)n2)cc1. The lowest BCUT2D eigenvalue weighted by atomic mass is 9.87. The Morgan fingerprint density at radius 3 is 1.60 bits per heavy atom. The topological polar surface area (TPSA) is 25.8 Å². The highest BCUT2D eigenvalue weighted by atomic mass is 32.1. The number of benzene rings is 9. The molecule has 0 atom stereocenters. The molecule has 2 nitrogen and oxygen atoms in total. The molecule has 0 spiro atoms. The van der Waals surface area contributed by atoms with Gasteiger partial charge in [0.2, 0.25) is 0 Å². The number of nitrogens with zero attached hydrogens (tertiary/aromatic N) is 2. The summed E-state index contributed by atoms with van der Waals surface area (Å²) in [5, 5.41) is 17.8. The standard InChI is InChI=1S/C50H28N2S/c1-2-10-32(11-3-1)50-51-42(28-43(52-50)40-20-9-19-39-35-15-4-5-21-44(35)53-49(39)40)34-26-33-25-24-31-13-7-17-37-36-16-6-12-29-22-23-30-14-8-18-38(47(30)45(29)36)41(27-34)48(33)46(31)37/h1-28H. The number of fused-ring (bicyclic) bond motifs is 5. The fraction of sp³-hybridized carbons (Fsp3) is 0. The second kappa shape index (κ2) is 10.9. The molecule has 0 amide bonds. The zero-order valence-corrected chi connectivity index (χ0v) is 29.3. The van der Waals surface area contributed by atoms with Gasteiger partial charge in [0, 0.05) is 36.9 Å². The molecule has 12 aromatic rings. The maximum Gasteiger partial charge on any atom is 0.160 e. The van der Waals surface area contributed by atoms with E-state index >= 15 is 0 Å². The number of thiophene rings is 1. The Kier molecular flexibility index (Phi) is 5.96. The molecule has 244 valence electrons. The van der Waals surface area contributed by atoms with Crippen LogP contribution in [0.25, 0.3) is 119 Å². The van der Waals surface area contributed by atoms with Crippen LogP contribution in [0.1, 0.15) is 0 Å². The first kappa shape index (κ1) is 29.0. The third kappa shape index (κ3) is 4.20. The van der Waals surface area contributed by atoms with Crippen molar-refractivity contribution in [1.82, 2.24) is 9.97 Å². The lowest BCUT2D eigenvalue weighted by Crippen LogP contribution is -1.96. The maximum atomic E-state index is 5.34. The van der Waals surface area contributed by atoms with Gasteiger partial charge in [0.15, 0.2) is 5.82 Å². The third-order valence-electron chi connectivity index (χ3n) is 11.2. The van der Waals surface area contributed by atoms with Crippen molar-refractivity contribution in [3.8, 4) is 33.9 Å². The van der Waals surface area contributed by atoms with Crippen LogP contribution in [0.15, 0.2) is 170 Å². The molecule has 0 aliphatic rings. The molecular formula is C50H28N2S. The van der Waals surface area contributed by atoms with Gasteiger partial charge in [-0.05, 0) is 88.9 Å². The highest BCUT2D eigenvalue weighted by Gasteiger charge is 2.19. The zero-order valence-electron chi connectivity index (χ0n) is 28.5. The van der Waals surface area contributed by atoms with Gasteiger partial charge in [-0.15, -0.1) is 11.3 Å². The first-order valence-corrected chi connectivity index (χ1v) is 18.9. The maximum absolute atomic E-state index is 5.34. The van der Waals surface area contributed by atoms with Gasteiger partial charge in [-0.2, -0.15) is 0 Å². The van der Waals surface area contributed by atoms with Crippen LogP contribution in [-0.4, -0.2) is 9.97 Å². The average molecular weight is 689 g/mol. The summed E-state index contributed by atoms with van der Waals surface area (Å²) in [6.07, 6.45) is 0. The lowest BCUT2D eigenvalue weighted by Gasteiger charge is -2.17. The van der Waals surface area contributed by atoms with Crippen molar-refractivity contribution < 1.29 is 0 Å². The van der Waals surface area contributed by atoms with Crippen molar-refractivity contribution >= 4 is 96.1 Å². The van der Waals surface area contributed by atoms with E-state index in [1.807, 2.05) is 17.4 Å². The predicted octanol–water partition coefficient (Wildman–Crippen LogP) is 14.2. The highest BCUT2D eigenvalue weighted by Crippen LogP contribution is 2.45. The van der Waals surface area contributed by atoms with Crippen molar-refractivity contribution in [3.05, 3.63) is 170 Å². The summed E-state index contributed by atoms with van der Waals surface area (Å²) in [5.74, 6) is 0.723. The van der Waals surface area contributed by atoms with Crippen molar-refractivity contribution in [2.24, 2.45) is 0 Å².